The second kappa shape index (κ2) is 9.48. The molecule has 12 heteroatoms. The van der Waals surface area contributed by atoms with Gasteiger partial charge in [0.25, 0.3) is 5.91 Å². The number of likely N-dealkylation sites (tertiary alicyclic amines) is 1. The molecule has 2 heterocycles. The fraction of sp³-hybridized carbons (Fsp3) is 0.609. The van der Waals surface area contributed by atoms with Crippen LogP contribution in [0.5, 0.6) is 5.75 Å². The molecule has 0 aromatic heterocycles. The van der Waals surface area contributed by atoms with Crippen molar-refractivity contribution in [2.45, 2.75) is 74.0 Å². The van der Waals surface area contributed by atoms with E-state index >= 15 is 0 Å². The monoisotopic (exact) mass is 525 g/mol. The molecule has 190 valence electrons. The van der Waals surface area contributed by atoms with Gasteiger partial charge in [0.1, 0.15) is 23.5 Å². The zero-order valence-corrected chi connectivity index (χ0v) is 21.3. The molecule has 0 N–H and O–H groups in total. The molecule has 1 aliphatic carbocycles. The number of carbonyl (C=O) groups excluding carboxylic acids is 2. The van der Waals surface area contributed by atoms with Gasteiger partial charge < -0.3 is 14.2 Å². The summed E-state index contributed by atoms with van der Waals surface area (Å²) in [6.45, 7) is 5.68. The molecule has 2 aliphatic heterocycles. The van der Waals surface area contributed by atoms with Crippen LogP contribution in [0, 0.1) is 11.5 Å². The Bertz CT molecular complexity index is 1150. The van der Waals surface area contributed by atoms with Gasteiger partial charge in [-0.15, -0.1) is 0 Å². The van der Waals surface area contributed by atoms with E-state index < -0.39 is 38.7 Å². The zero-order valence-electron chi connectivity index (χ0n) is 19.8. The van der Waals surface area contributed by atoms with E-state index in [1.807, 2.05) is 6.19 Å². The second-order valence-electron chi connectivity index (χ2n) is 9.96. The van der Waals surface area contributed by atoms with Gasteiger partial charge in [-0.05, 0) is 52.2 Å². The summed E-state index contributed by atoms with van der Waals surface area (Å²) in [5.74, 6) is -0.178. The fourth-order valence-corrected chi connectivity index (χ4v) is 6.26. The third-order valence-electron chi connectivity index (χ3n) is 5.99. The summed E-state index contributed by atoms with van der Waals surface area (Å²) < 4.78 is 43.3. The van der Waals surface area contributed by atoms with Crippen LogP contribution in [0.25, 0.3) is 0 Å². The van der Waals surface area contributed by atoms with Gasteiger partial charge in [-0.3, -0.25) is 9.69 Å². The average Bonchev–Trinajstić information content (AvgIpc) is 3.45. The summed E-state index contributed by atoms with van der Waals surface area (Å²) in [6.07, 6.45) is 2.19. The predicted octanol–water partition coefficient (Wildman–Crippen LogP) is 2.74. The minimum absolute atomic E-state index is 0.0158. The van der Waals surface area contributed by atoms with Crippen LogP contribution >= 0.6 is 11.6 Å². The molecule has 3 aliphatic rings. The van der Waals surface area contributed by atoms with Crippen molar-refractivity contribution in [1.29, 1.82) is 5.26 Å². The Morgan fingerprint density at radius 3 is 2.46 bits per heavy atom. The summed E-state index contributed by atoms with van der Waals surface area (Å²) in [7, 11) is -4.04. The maximum absolute atomic E-state index is 13.5. The number of rotatable bonds is 6. The number of nitrogens with zero attached hydrogens (tertiary/aromatic N) is 3. The first kappa shape index (κ1) is 25.5. The Morgan fingerprint density at radius 1 is 1.26 bits per heavy atom. The normalized spacial score (nSPS) is 22.8. The first-order chi connectivity index (χ1) is 16.4. The third-order valence-corrected chi connectivity index (χ3v) is 8.60. The highest BCUT2D eigenvalue weighted by atomic mass is 35.5. The minimum atomic E-state index is -4.04. The van der Waals surface area contributed by atoms with E-state index in [9.17, 15) is 23.3 Å². The van der Waals surface area contributed by atoms with Gasteiger partial charge in [-0.25, -0.2) is 18.1 Å². The largest absolute Gasteiger partial charge is 0.486 e. The molecular weight excluding hydrogens is 498 g/mol. The average molecular weight is 526 g/mol. The van der Waals surface area contributed by atoms with Crippen LogP contribution in [-0.4, -0.2) is 79.0 Å². The van der Waals surface area contributed by atoms with Crippen molar-refractivity contribution in [3.8, 4) is 11.9 Å². The van der Waals surface area contributed by atoms with Gasteiger partial charge in [-0.2, -0.15) is 5.26 Å². The molecule has 3 fully saturated rings. The number of amides is 2. The van der Waals surface area contributed by atoms with Gasteiger partial charge in [0.15, 0.2) is 16.0 Å². The Balaban J connectivity index is 1.59. The number of hydrogen-bond acceptors (Lipinski definition) is 8. The molecule has 1 saturated carbocycles. The van der Waals surface area contributed by atoms with Gasteiger partial charge in [0.2, 0.25) is 0 Å². The Morgan fingerprint density at radius 2 is 1.94 bits per heavy atom. The summed E-state index contributed by atoms with van der Waals surface area (Å²) in [5, 5.41) is 8.37. The molecule has 0 unspecified atom stereocenters. The van der Waals surface area contributed by atoms with Gasteiger partial charge in [0.05, 0.1) is 28.4 Å². The zero-order chi connectivity index (χ0) is 25.5. The molecule has 35 heavy (non-hydrogen) atoms. The molecule has 2 atom stereocenters. The number of hydrogen-bond donors (Lipinski definition) is 0. The number of carbonyl (C=O) groups is 2. The molecule has 1 aromatic rings. The highest BCUT2D eigenvalue weighted by Gasteiger charge is 2.49. The molecule has 0 spiro atoms. The van der Waals surface area contributed by atoms with Crippen LogP contribution in [0.3, 0.4) is 0 Å². The maximum atomic E-state index is 13.5. The lowest BCUT2D eigenvalue weighted by Crippen LogP contribution is -2.48. The van der Waals surface area contributed by atoms with Crippen molar-refractivity contribution in [3.05, 3.63) is 23.2 Å². The van der Waals surface area contributed by atoms with E-state index in [4.69, 9.17) is 25.8 Å². The molecule has 10 nitrogen and oxygen atoms in total. The highest BCUT2D eigenvalue weighted by Crippen LogP contribution is 2.36. The van der Waals surface area contributed by atoms with Crippen LogP contribution in [0.2, 0.25) is 5.02 Å². The standard InChI is InChI=1S/C23H28ClN3O7S/c1-23(2,3)34-22(29)26-10-17(9-19(26)21(28)27(13-25)14-4-5-14)35(30,31)20-7-6-15(8-18(20)24)33-16-11-32-12-16/h6-8,14,16-17,19H,4-5,9-12H2,1-3H3/t17-,19+/m1/s1. The van der Waals surface area contributed by atoms with Gasteiger partial charge in [-0.1, -0.05) is 11.6 Å². The fourth-order valence-electron chi connectivity index (χ4n) is 4.02. The number of nitriles is 1. The van der Waals surface area contributed by atoms with Crippen molar-refractivity contribution in [3.63, 3.8) is 0 Å². The Hall–Kier alpha value is -2.55. The van der Waals surface area contributed by atoms with E-state index in [2.05, 4.69) is 0 Å². The lowest BCUT2D eigenvalue weighted by atomic mass is 10.2. The van der Waals surface area contributed by atoms with Crippen molar-refractivity contribution < 1.29 is 32.2 Å². The number of ether oxygens (including phenoxy) is 3. The van der Waals surface area contributed by atoms with Crippen LogP contribution in [0.4, 0.5) is 4.79 Å². The highest BCUT2D eigenvalue weighted by molar-refractivity contribution is 7.92. The molecule has 1 aromatic carbocycles. The summed E-state index contributed by atoms with van der Waals surface area (Å²) in [5.41, 5.74) is -0.850. The second-order valence-corrected chi connectivity index (χ2v) is 12.6. The summed E-state index contributed by atoms with van der Waals surface area (Å²) in [6, 6.07) is 2.97. The van der Waals surface area contributed by atoms with Gasteiger partial charge >= 0.3 is 6.09 Å². The van der Waals surface area contributed by atoms with Gasteiger partial charge in [0, 0.05) is 18.7 Å². The Kier molecular flexibility index (Phi) is 6.92. The van der Waals surface area contributed by atoms with Crippen LogP contribution in [0.15, 0.2) is 23.1 Å². The van der Waals surface area contributed by atoms with Crippen molar-refractivity contribution in [2.24, 2.45) is 0 Å². The molecule has 4 rings (SSSR count). The first-order valence-electron chi connectivity index (χ1n) is 11.4. The molecule has 0 radical (unpaired) electrons. The number of halogens is 1. The van der Waals surface area contributed by atoms with Crippen LogP contribution in [0.1, 0.15) is 40.0 Å². The smallest absolute Gasteiger partial charge is 0.411 e. The topological polar surface area (TPSA) is 126 Å². The minimum Gasteiger partial charge on any atom is -0.486 e. The van der Waals surface area contributed by atoms with E-state index in [0.717, 1.165) is 9.80 Å². The summed E-state index contributed by atoms with van der Waals surface area (Å²) >= 11 is 6.33. The molecule has 2 saturated heterocycles. The number of benzene rings is 1. The number of sulfone groups is 1. The molecule has 0 bridgehead atoms. The molecular formula is C23H28ClN3O7S. The van der Waals surface area contributed by atoms with Crippen molar-refractivity contribution >= 4 is 33.4 Å². The van der Waals surface area contributed by atoms with E-state index in [0.29, 0.717) is 31.8 Å². The quantitative estimate of drug-likeness (QED) is 0.410. The van der Waals surface area contributed by atoms with E-state index in [1.165, 1.54) is 18.2 Å². The van der Waals surface area contributed by atoms with Crippen LogP contribution in [-0.2, 0) is 24.1 Å². The lowest BCUT2D eigenvalue weighted by Gasteiger charge is -2.29. The maximum Gasteiger partial charge on any atom is 0.411 e. The predicted molar refractivity (Wildman–Crippen MR) is 124 cm³/mol. The van der Waals surface area contributed by atoms with E-state index in [1.54, 1.807) is 20.8 Å². The lowest BCUT2D eigenvalue weighted by molar-refractivity contribution is -0.133. The Labute approximate surface area is 209 Å². The van der Waals surface area contributed by atoms with Crippen molar-refractivity contribution in [1.82, 2.24) is 9.80 Å². The summed E-state index contributed by atoms with van der Waals surface area (Å²) in [4.78, 5) is 28.2. The molecule has 2 amide bonds. The first-order valence-corrected chi connectivity index (χ1v) is 13.3. The van der Waals surface area contributed by atoms with Crippen molar-refractivity contribution in [2.75, 3.05) is 19.8 Å². The van der Waals surface area contributed by atoms with E-state index in [-0.39, 0.29) is 35.0 Å². The van der Waals surface area contributed by atoms with Crippen LogP contribution < -0.4 is 4.74 Å². The SMILES string of the molecule is CC(C)(C)OC(=O)N1C[C@H](S(=O)(=O)c2ccc(OC3COC3)cc2Cl)C[C@H]1C(=O)N(C#N)C1CC1. The third kappa shape index (κ3) is 5.50.